The molecule has 3 aromatic rings. The van der Waals surface area contributed by atoms with Crippen LogP contribution in [-0.4, -0.2) is 5.71 Å². The van der Waals surface area contributed by atoms with Gasteiger partial charge in [0.05, 0.1) is 6.54 Å². The van der Waals surface area contributed by atoms with Crippen LogP contribution >= 0.6 is 0 Å². The van der Waals surface area contributed by atoms with Crippen LogP contribution in [0, 0.1) is 0 Å². The van der Waals surface area contributed by atoms with Gasteiger partial charge in [-0.3, -0.25) is 4.99 Å². The van der Waals surface area contributed by atoms with Gasteiger partial charge in [-0.25, -0.2) is 0 Å². The van der Waals surface area contributed by atoms with Crippen LogP contribution in [0.4, 0.5) is 0 Å². The van der Waals surface area contributed by atoms with Crippen LogP contribution in [0.3, 0.4) is 0 Å². The lowest BCUT2D eigenvalue weighted by Crippen LogP contribution is -2.02. The molecule has 0 N–H and O–H groups in total. The van der Waals surface area contributed by atoms with Gasteiger partial charge in [-0.15, -0.1) is 0 Å². The number of hydrogen-bond donors (Lipinski definition) is 0. The Labute approximate surface area is 150 Å². The van der Waals surface area contributed by atoms with Crippen LogP contribution in [0.15, 0.2) is 83.9 Å². The SMILES string of the molecule is CC(=NCc1ccccc1)c1cccc2c1C[C@@H](c1ccccc1)C2. The summed E-state index contributed by atoms with van der Waals surface area (Å²) in [6.45, 7) is 2.90. The minimum Gasteiger partial charge on any atom is -0.285 e. The minimum atomic E-state index is 0.597. The van der Waals surface area contributed by atoms with Crippen molar-refractivity contribution in [2.75, 3.05) is 0 Å². The molecule has 4 rings (SSSR count). The van der Waals surface area contributed by atoms with Crippen LogP contribution in [0.2, 0.25) is 0 Å². The lowest BCUT2D eigenvalue weighted by molar-refractivity contribution is 0.741. The third kappa shape index (κ3) is 3.41. The van der Waals surface area contributed by atoms with Gasteiger partial charge in [0.2, 0.25) is 0 Å². The second-order valence-electron chi connectivity index (χ2n) is 6.85. The smallest absolute Gasteiger partial charge is 0.0643 e. The first-order chi connectivity index (χ1) is 12.3. The van der Waals surface area contributed by atoms with E-state index in [1.807, 2.05) is 6.07 Å². The van der Waals surface area contributed by atoms with Crippen LogP contribution in [0.1, 0.15) is 40.7 Å². The van der Waals surface area contributed by atoms with Crippen molar-refractivity contribution in [3.63, 3.8) is 0 Å². The standard InChI is InChI=1S/C24H23N/c1-18(25-17-19-9-4-2-5-10-19)23-14-8-13-21-15-22(16-24(21)23)20-11-6-3-7-12-20/h2-14,22H,15-17H2,1H3/t22-/m0/s1. The fourth-order valence-corrected chi connectivity index (χ4v) is 3.83. The second-order valence-corrected chi connectivity index (χ2v) is 6.85. The summed E-state index contributed by atoms with van der Waals surface area (Å²) in [5.41, 5.74) is 8.16. The first kappa shape index (κ1) is 15.8. The van der Waals surface area contributed by atoms with Gasteiger partial charge in [-0.05, 0) is 53.5 Å². The summed E-state index contributed by atoms with van der Waals surface area (Å²) in [6, 6.07) is 28.1. The highest BCUT2D eigenvalue weighted by molar-refractivity contribution is 6.00. The molecule has 1 nitrogen and oxygen atoms in total. The van der Waals surface area contributed by atoms with E-state index in [1.54, 1.807) is 0 Å². The van der Waals surface area contributed by atoms with Gasteiger partial charge in [0, 0.05) is 5.71 Å². The molecule has 0 radical (unpaired) electrons. The van der Waals surface area contributed by atoms with Crippen molar-refractivity contribution >= 4 is 5.71 Å². The number of aliphatic imine (C=N–C) groups is 1. The van der Waals surface area contributed by atoms with Gasteiger partial charge in [0.1, 0.15) is 0 Å². The Balaban J connectivity index is 1.58. The summed E-state index contributed by atoms with van der Waals surface area (Å²) in [5, 5.41) is 0. The van der Waals surface area contributed by atoms with E-state index in [1.165, 1.54) is 27.8 Å². The molecular formula is C24H23N. The van der Waals surface area contributed by atoms with Crippen molar-refractivity contribution in [1.82, 2.24) is 0 Å². The van der Waals surface area contributed by atoms with E-state index in [-0.39, 0.29) is 0 Å². The molecule has 25 heavy (non-hydrogen) atoms. The molecule has 1 heteroatoms. The Morgan fingerprint density at radius 2 is 1.56 bits per heavy atom. The molecule has 1 aliphatic rings. The molecule has 0 aliphatic heterocycles. The monoisotopic (exact) mass is 325 g/mol. The number of hydrogen-bond acceptors (Lipinski definition) is 1. The van der Waals surface area contributed by atoms with Crippen molar-refractivity contribution in [1.29, 1.82) is 0 Å². The summed E-state index contributed by atoms with van der Waals surface area (Å²) in [5.74, 6) is 0.597. The number of benzene rings is 3. The van der Waals surface area contributed by atoms with Gasteiger partial charge >= 0.3 is 0 Å². The van der Waals surface area contributed by atoms with Crippen molar-refractivity contribution in [3.8, 4) is 0 Å². The molecule has 3 aromatic carbocycles. The first-order valence-corrected chi connectivity index (χ1v) is 9.02. The molecule has 0 saturated heterocycles. The zero-order valence-electron chi connectivity index (χ0n) is 14.7. The van der Waals surface area contributed by atoms with Crippen LogP contribution in [0.5, 0.6) is 0 Å². The second kappa shape index (κ2) is 7.06. The van der Waals surface area contributed by atoms with Crippen molar-refractivity contribution in [2.45, 2.75) is 32.2 Å². The zero-order chi connectivity index (χ0) is 17.1. The minimum absolute atomic E-state index is 0.597. The molecule has 0 unspecified atom stereocenters. The van der Waals surface area contributed by atoms with E-state index in [9.17, 15) is 0 Å². The van der Waals surface area contributed by atoms with Crippen molar-refractivity contribution in [3.05, 3.63) is 107 Å². The lowest BCUT2D eigenvalue weighted by Gasteiger charge is -2.10. The van der Waals surface area contributed by atoms with E-state index in [0.29, 0.717) is 5.92 Å². The van der Waals surface area contributed by atoms with Gasteiger partial charge in [-0.1, -0.05) is 78.9 Å². The maximum atomic E-state index is 4.86. The van der Waals surface area contributed by atoms with Crippen molar-refractivity contribution in [2.24, 2.45) is 4.99 Å². The third-order valence-electron chi connectivity index (χ3n) is 5.19. The van der Waals surface area contributed by atoms with Crippen LogP contribution < -0.4 is 0 Å². The van der Waals surface area contributed by atoms with E-state index in [2.05, 4.69) is 79.7 Å². The highest BCUT2D eigenvalue weighted by atomic mass is 14.7. The van der Waals surface area contributed by atoms with E-state index in [0.717, 1.165) is 25.1 Å². The van der Waals surface area contributed by atoms with E-state index in [4.69, 9.17) is 4.99 Å². The normalized spacial score (nSPS) is 16.7. The molecule has 1 aliphatic carbocycles. The first-order valence-electron chi connectivity index (χ1n) is 9.02. The number of nitrogens with zero attached hydrogens (tertiary/aromatic N) is 1. The maximum absolute atomic E-state index is 4.86. The Morgan fingerprint density at radius 1 is 0.840 bits per heavy atom. The van der Waals surface area contributed by atoms with Gasteiger partial charge in [-0.2, -0.15) is 0 Å². The summed E-state index contributed by atoms with van der Waals surface area (Å²) in [7, 11) is 0. The molecule has 0 amide bonds. The summed E-state index contributed by atoms with van der Waals surface area (Å²) in [6.07, 6.45) is 2.26. The average Bonchev–Trinajstić information content (AvgIpc) is 3.12. The fourth-order valence-electron chi connectivity index (χ4n) is 3.83. The highest BCUT2D eigenvalue weighted by Crippen LogP contribution is 2.35. The number of fused-ring (bicyclic) bond motifs is 1. The molecule has 0 saturated carbocycles. The van der Waals surface area contributed by atoms with Crippen LogP contribution in [0.25, 0.3) is 0 Å². The Kier molecular flexibility index (Phi) is 4.47. The maximum Gasteiger partial charge on any atom is 0.0643 e. The van der Waals surface area contributed by atoms with E-state index >= 15 is 0 Å². The molecule has 0 heterocycles. The van der Waals surface area contributed by atoms with Gasteiger partial charge in [0.25, 0.3) is 0 Å². The Bertz CT molecular complexity index is 878. The fraction of sp³-hybridized carbons (Fsp3) is 0.208. The quantitative estimate of drug-likeness (QED) is 0.555. The predicted molar refractivity (Wildman–Crippen MR) is 105 cm³/mol. The van der Waals surface area contributed by atoms with Gasteiger partial charge < -0.3 is 0 Å². The van der Waals surface area contributed by atoms with E-state index < -0.39 is 0 Å². The zero-order valence-corrected chi connectivity index (χ0v) is 14.7. The topological polar surface area (TPSA) is 12.4 Å². The molecule has 0 fully saturated rings. The molecule has 0 aromatic heterocycles. The van der Waals surface area contributed by atoms with Crippen LogP contribution in [-0.2, 0) is 19.4 Å². The van der Waals surface area contributed by atoms with Crippen molar-refractivity contribution < 1.29 is 0 Å². The molecule has 0 bridgehead atoms. The third-order valence-corrected chi connectivity index (χ3v) is 5.19. The average molecular weight is 325 g/mol. The Hall–Kier alpha value is -2.67. The molecule has 0 spiro atoms. The summed E-state index contributed by atoms with van der Waals surface area (Å²) < 4.78 is 0. The largest absolute Gasteiger partial charge is 0.285 e. The molecule has 1 atom stereocenters. The Morgan fingerprint density at radius 3 is 2.32 bits per heavy atom. The lowest BCUT2D eigenvalue weighted by atomic mass is 9.95. The summed E-state index contributed by atoms with van der Waals surface area (Å²) >= 11 is 0. The summed E-state index contributed by atoms with van der Waals surface area (Å²) in [4.78, 5) is 4.86. The highest BCUT2D eigenvalue weighted by Gasteiger charge is 2.25. The molecular weight excluding hydrogens is 302 g/mol. The number of rotatable bonds is 4. The predicted octanol–water partition coefficient (Wildman–Crippen LogP) is 5.58. The molecule has 124 valence electrons. The van der Waals surface area contributed by atoms with Gasteiger partial charge in [0.15, 0.2) is 0 Å².